The number of aromatic nitrogens is 3. The first-order valence-electron chi connectivity index (χ1n) is 5.47. The monoisotopic (exact) mass is 259 g/mol. The summed E-state index contributed by atoms with van der Waals surface area (Å²) in [5.41, 5.74) is 3.17. The molecule has 0 aliphatic rings. The highest BCUT2D eigenvalue weighted by Gasteiger charge is 2.13. The molecule has 90 valence electrons. The van der Waals surface area contributed by atoms with Gasteiger partial charge in [0.05, 0.1) is 5.69 Å². The Morgan fingerprint density at radius 3 is 2.67 bits per heavy atom. The minimum Gasteiger partial charge on any atom is -0.493 e. The SMILES string of the molecule is Cc1ccccc1-n1c(Cl)nc2ccc(O)nc21. The van der Waals surface area contributed by atoms with E-state index in [2.05, 4.69) is 9.97 Å². The van der Waals surface area contributed by atoms with E-state index in [4.69, 9.17) is 11.6 Å². The van der Waals surface area contributed by atoms with Gasteiger partial charge in [-0.05, 0) is 36.2 Å². The number of aryl methyl sites for hydroxylation is 1. The number of aromatic hydroxyl groups is 1. The van der Waals surface area contributed by atoms with Crippen LogP contribution in [0.3, 0.4) is 0 Å². The van der Waals surface area contributed by atoms with Crippen LogP contribution in [0.5, 0.6) is 5.88 Å². The van der Waals surface area contributed by atoms with Gasteiger partial charge in [-0.15, -0.1) is 0 Å². The molecule has 0 aliphatic heterocycles. The summed E-state index contributed by atoms with van der Waals surface area (Å²) in [7, 11) is 0. The van der Waals surface area contributed by atoms with Crippen molar-refractivity contribution < 1.29 is 5.11 Å². The van der Waals surface area contributed by atoms with Gasteiger partial charge >= 0.3 is 0 Å². The lowest BCUT2D eigenvalue weighted by Gasteiger charge is -2.08. The summed E-state index contributed by atoms with van der Waals surface area (Å²) >= 11 is 6.16. The molecule has 3 aromatic rings. The maximum atomic E-state index is 9.48. The lowest BCUT2D eigenvalue weighted by atomic mass is 10.2. The highest BCUT2D eigenvalue weighted by molar-refractivity contribution is 6.29. The van der Waals surface area contributed by atoms with Crippen molar-refractivity contribution in [2.75, 3.05) is 0 Å². The Morgan fingerprint density at radius 2 is 1.89 bits per heavy atom. The molecule has 0 amide bonds. The lowest BCUT2D eigenvalue weighted by Crippen LogP contribution is -1.98. The van der Waals surface area contributed by atoms with Gasteiger partial charge in [0.1, 0.15) is 5.52 Å². The standard InChI is InChI=1S/C13H10ClN3O/c1-8-4-2-3-5-10(8)17-12-9(15-13(17)14)6-7-11(18)16-12/h2-7H,1H3,(H,16,18). The fourth-order valence-corrected chi connectivity index (χ4v) is 2.21. The third-order valence-corrected chi connectivity index (χ3v) is 3.06. The number of hydrogen-bond acceptors (Lipinski definition) is 3. The second-order valence-electron chi connectivity index (χ2n) is 4.01. The molecular formula is C13H10ClN3O. The van der Waals surface area contributed by atoms with E-state index in [1.54, 1.807) is 10.6 Å². The Balaban J connectivity index is 2.38. The molecule has 5 heteroatoms. The van der Waals surface area contributed by atoms with Crippen LogP contribution in [0, 0.1) is 6.92 Å². The number of nitrogens with zero attached hydrogens (tertiary/aromatic N) is 3. The van der Waals surface area contributed by atoms with E-state index < -0.39 is 0 Å². The number of hydrogen-bond donors (Lipinski definition) is 1. The van der Waals surface area contributed by atoms with Gasteiger partial charge in [0.2, 0.25) is 11.2 Å². The van der Waals surface area contributed by atoms with E-state index in [-0.39, 0.29) is 5.88 Å². The molecule has 0 bridgehead atoms. The van der Waals surface area contributed by atoms with Crippen molar-refractivity contribution in [3.63, 3.8) is 0 Å². The topological polar surface area (TPSA) is 50.9 Å². The van der Waals surface area contributed by atoms with Gasteiger partial charge in [-0.3, -0.25) is 4.57 Å². The summed E-state index contributed by atoms with van der Waals surface area (Å²) in [5.74, 6) is -0.0473. The molecular weight excluding hydrogens is 250 g/mol. The van der Waals surface area contributed by atoms with Gasteiger partial charge in [0.15, 0.2) is 5.65 Å². The highest BCUT2D eigenvalue weighted by Crippen LogP contribution is 2.26. The first-order chi connectivity index (χ1) is 8.66. The van der Waals surface area contributed by atoms with Gasteiger partial charge in [-0.2, -0.15) is 4.98 Å². The number of benzene rings is 1. The third kappa shape index (κ3) is 1.62. The van der Waals surface area contributed by atoms with Gasteiger partial charge in [0, 0.05) is 6.07 Å². The summed E-state index contributed by atoms with van der Waals surface area (Å²) in [6.07, 6.45) is 0. The smallest absolute Gasteiger partial charge is 0.212 e. The number of para-hydroxylation sites is 1. The van der Waals surface area contributed by atoms with Gasteiger partial charge in [-0.25, -0.2) is 4.98 Å². The molecule has 0 saturated carbocycles. The predicted octanol–water partition coefficient (Wildman–Crippen LogP) is 3.09. The molecule has 0 spiro atoms. The molecule has 3 rings (SSSR count). The van der Waals surface area contributed by atoms with Crippen molar-refractivity contribution in [1.29, 1.82) is 0 Å². The predicted molar refractivity (Wildman–Crippen MR) is 70.3 cm³/mol. The molecule has 0 fully saturated rings. The zero-order chi connectivity index (χ0) is 12.7. The second kappa shape index (κ2) is 3.99. The van der Waals surface area contributed by atoms with Crippen molar-refractivity contribution in [1.82, 2.24) is 14.5 Å². The summed E-state index contributed by atoms with van der Waals surface area (Å²) in [6, 6.07) is 11.0. The minimum absolute atomic E-state index is 0.0473. The van der Waals surface area contributed by atoms with Crippen molar-refractivity contribution in [3.05, 3.63) is 47.2 Å². The molecule has 0 aliphatic carbocycles. The van der Waals surface area contributed by atoms with Gasteiger partial charge in [-0.1, -0.05) is 18.2 Å². The fraction of sp³-hybridized carbons (Fsp3) is 0.0769. The maximum absolute atomic E-state index is 9.48. The number of rotatable bonds is 1. The van der Waals surface area contributed by atoms with E-state index in [0.717, 1.165) is 11.3 Å². The lowest BCUT2D eigenvalue weighted by molar-refractivity contribution is 0.455. The highest BCUT2D eigenvalue weighted by atomic mass is 35.5. The number of halogens is 1. The Labute approximate surface area is 108 Å². The summed E-state index contributed by atoms with van der Waals surface area (Å²) in [6.45, 7) is 1.99. The van der Waals surface area contributed by atoms with Crippen molar-refractivity contribution in [3.8, 4) is 11.6 Å². The van der Waals surface area contributed by atoms with Crippen LogP contribution in [0.4, 0.5) is 0 Å². The quantitative estimate of drug-likeness (QED) is 0.731. The number of pyridine rings is 1. The van der Waals surface area contributed by atoms with E-state index >= 15 is 0 Å². The van der Waals surface area contributed by atoms with E-state index in [1.807, 2.05) is 31.2 Å². The van der Waals surface area contributed by atoms with Crippen molar-refractivity contribution in [2.45, 2.75) is 6.92 Å². The molecule has 0 saturated heterocycles. The largest absolute Gasteiger partial charge is 0.493 e. The first kappa shape index (κ1) is 11.0. The van der Waals surface area contributed by atoms with Crippen molar-refractivity contribution in [2.24, 2.45) is 0 Å². The molecule has 0 unspecified atom stereocenters. The molecule has 0 radical (unpaired) electrons. The van der Waals surface area contributed by atoms with Crippen LogP contribution in [0.1, 0.15) is 5.56 Å². The zero-order valence-electron chi connectivity index (χ0n) is 9.63. The van der Waals surface area contributed by atoms with Crippen LogP contribution in [0.2, 0.25) is 5.28 Å². The van der Waals surface area contributed by atoms with E-state index in [9.17, 15) is 5.11 Å². The van der Waals surface area contributed by atoms with Crippen LogP contribution in [-0.4, -0.2) is 19.6 Å². The fourth-order valence-electron chi connectivity index (χ4n) is 1.95. The van der Waals surface area contributed by atoms with Crippen LogP contribution in [0.25, 0.3) is 16.9 Å². The number of fused-ring (bicyclic) bond motifs is 1. The molecule has 2 aromatic heterocycles. The molecule has 18 heavy (non-hydrogen) atoms. The molecule has 0 atom stereocenters. The van der Waals surface area contributed by atoms with Gasteiger partial charge < -0.3 is 5.11 Å². The Kier molecular flexibility index (Phi) is 2.45. The minimum atomic E-state index is -0.0473. The van der Waals surface area contributed by atoms with Crippen LogP contribution < -0.4 is 0 Å². The van der Waals surface area contributed by atoms with Gasteiger partial charge in [0.25, 0.3) is 0 Å². The van der Waals surface area contributed by atoms with Crippen LogP contribution >= 0.6 is 11.6 Å². The molecule has 1 N–H and O–H groups in total. The normalized spacial score (nSPS) is 11.0. The Hall–Kier alpha value is -2.07. The van der Waals surface area contributed by atoms with E-state index in [0.29, 0.717) is 16.4 Å². The first-order valence-corrected chi connectivity index (χ1v) is 5.84. The second-order valence-corrected chi connectivity index (χ2v) is 4.35. The summed E-state index contributed by atoms with van der Waals surface area (Å²) in [4.78, 5) is 8.31. The summed E-state index contributed by atoms with van der Waals surface area (Å²) in [5, 5.41) is 9.82. The van der Waals surface area contributed by atoms with Crippen molar-refractivity contribution >= 4 is 22.8 Å². The Morgan fingerprint density at radius 1 is 1.11 bits per heavy atom. The Bertz CT molecular complexity index is 736. The maximum Gasteiger partial charge on any atom is 0.212 e. The van der Waals surface area contributed by atoms with Crippen LogP contribution in [-0.2, 0) is 0 Å². The third-order valence-electron chi connectivity index (χ3n) is 2.81. The molecule has 4 nitrogen and oxygen atoms in total. The average Bonchev–Trinajstić information content (AvgIpc) is 2.66. The van der Waals surface area contributed by atoms with E-state index in [1.165, 1.54) is 6.07 Å². The summed E-state index contributed by atoms with van der Waals surface area (Å²) < 4.78 is 1.73. The van der Waals surface area contributed by atoms with Crippen LogP contribution in [0.15, 0.2) is 36.4 Å². The molecule has 2 heterocycles. The molecule has 1 aromatic carbocycles. The average molecular weight is 260 g/mol. The zero-order valence-corrected chi connectivity index (χ0v) is 10.4. The number of imidazole rings is 1.